The Balaban J connectivity index is 1.06. The molecule has 8 nitrogen and oxygen atoms in total. The molecule has 202 valence electrons. The van der Waals surface area contributed by atoms with Crippen molar-refractivity contribution in [3.05, 3.63) is 88.8 Å². The third-order valence-corrected chi connectivity index (χ3v) is 7.37. The minimum absolute atomic E-state index is 0.0190. The van der Waals surface area contributed by atoms with Crippen molar-refractivity contribution in [2.45, 2.75) is 38.6 Å². The fourth-order valence-electron chi connectivity index (χ4n) is 5.42. The number of hydrogen-bond donors (Lipinski definition) is 3. The van der Waals surface area contributed by atoms with Crippen molar-refractivity contribution in [2.75, 3.05) is 31.5 Å². The van der Waals surface area contributed by atoms with Gasteiger partial charge in [-0.05, 0) is 79.8 Å². The van der Waals surface area contributed by atoms with Crippen molar-refractivity contribution in [2.24, 2.45) is 0 Å². The van der Waals surface area contributed by atoms with Crippen LogP contribution >= 0.6 is 0 Å². The lowest BCUT2D eigenvalue weighted by molar-refractivity contribution is -0.114. The van der Waals surface area contributed by atoms with Crippen LogP contribution < -0.4 is 16.3 Å². The summed E-state index contributed by atoms with van der Waals surface area (Å²) < 4.78 is 1.93. The topological polar surface area (TPSA) is 99.2 Å². The highest BCUT2D eigenvalue weighted by molar-refractivity contribution is 5.95. The number of benzene rings is 3. The number of rotatable bonds is 9. The van der Waals surface area contributed by atoms with Gasteiger partial charge >= 0.3 is 5.69 Å². The van der Waals surface area contributed by atoms with E-state index in [1.807, 2.05) is 77.4 Å². The summed E-state index contributed by atoms with van der Waals surface area (Å²) in [5, 5.41) is 5.84. The quantitative estimate of drug-likeness (QED) is 0.273. The molecule has 3 N–H and O–H groups in total. The van der Waals surface area contributed by atoms with E-state index in [1.165, 1.54) is 6.92 Å². The van der Waals surface area contributed by atoms with E-state index in [0.717, 1.165) is 73.2 Å². The molecule has 1 fully saturated rings. The lowest BCUT2D eigenvalue weighted by Crippen LogP contribution is -2.37. The second kappa shape index (κ2) is 12.1. The average Bonchev–Trinajstić information content (AvgIpc) is 3.28. The maximum Gasteiger partial charge on any atom is 0.326 e. The van der Waals surface area contributed by atoms with E-state index in [4.69, 9.17) is 0 Å². The smallest absolute Gasteiger partial charge is 0.326 e. The number of carbonyl (C=O) groups is 2. The summed E-state index contributed by atoms with van der Waals surface area (Å²) in [6, 6.07) is 23.2. The summed E-state index contributed by atoms with van der Waals surface area (Å²) >= 11 is 0. The van der Waals surface area contributed by atoms with E-state index in [0.29, 0.717) is 12.1 Å². The first-order valence-electron chi connectivity index (χ1n) is 13.7. The number of piperidine rings is 1. The number of H-pyrrole nitrogens is 1. The van der Waals surface area contributed by atoms with Crippen LogP contribution in [0.4, 0.5) is 5.69 Å². The average molecular weight is 526 g/mol. The number of aromatic amines is 1. The van der Waals surface area contributed by atoms with Gasteiger partial charge < -0.3 is 20.5 Å². The van der Waals surface area contributed by atoms with Crippen LogP contribution in [0.1, 0.15) is 49.0 Å². The Labute approximate surface area is 228 Å². The molecule has 0 unspecified atom stereocenters. The van der Waals surface area contributed by atoms with Crippen LogP contribution in [-0.2, 0) is 4.79 Å². The Hall–Kier alpha value is -4.17. The Morgan fingerprint density at radius 3 is 2.46 bits per heavy atom. The largest absolute Gasteiger partial charge is 0.352 e. The van der Waals surface area contributed by atoms with Crippen molar-refractivity contribution in [1.29, 1.82) is 0 Å². The number of carbonyl (C=O) groups excluding carboxylic acids is 2. The molecule has 0 bridgehead atoms. The molecule has 39 heavy (non-hydrogen) atoms. The molecular weight excluding hydrogens is 490 g/mol. The zero-order valence-corrected chi connectivity index (χ0v) is 22.3. The van der Waals surface area contributed by atoms with Crippen LogP contribution in [0.2, 0.25) is 0 Å². The van der Waals surface area contributed by atoms with Gasteiger partial charge in [-0.3, -0.25) is 14.2 Å². The van der Waals surface area contributed by atoms with Crippen LogP contribution in [0.5, 0.6) is 0 Å². The van der Waals surface area contributed by atoms with Gasteiger partial charge in [0.2, 0.25) is 5.91 Å². The van der Waals surface area contributed by atoms with Crippen molar-refractivity contribution in [3.63, 3.8) is 0 Å². The van der Waals surface area contributed by atoms with Gasteiger partial charge in [-0.15, -0.1) is 0 Å². The molecule has 8 heteroatoms. The normalized spacial score (nSPS) is 14.4. The molecule has 2 heterocycles. The summed E-state index contributed by atoms with van der Waals surface area (Å²) in [4.78, 5) is 42.1. The standard InChI is InChI=1S/C31H35N5O3/c1-22(37)33-26-11-7-9-24(21-26)23-8-6-10-25(20-23)30(38)32-16-4-5-17-35-18-14-27(15-19-35)36-29-13-3-2-12-28(29)34-31(36)39/h2-3,6-13,20-21,27H,4-5,14-19H2,1H3,(H,32,38)(H,33,37)(H,34,39). The van der Waals surface area contributed by atoms with Gasteiger partial charge in [-0.25, -0.2) is 4.79 Å². The second-order valence-corrected chi connectivity index (χ2v) is 10.2. The van der Waals surface area contributed by atoms with Gasteiger partial charge in [0.15, 0.2) is 0 Å². The molecule has 2 amide bonds. The number of unbranched alkanes of at least 4 members (excludes halogenated alkanes) is 1. The van der Waals surface area contributed by atoms with Crippen LogP contribution in [0.3, 0.4) is 0 Å². The van der Waals surface area contributed by atoms with Gasteiger partial charge in [0.05, 0.1) is 11.0 Å². The summed E-state index contributed by atoms with van der Waals surface area (Å²) in [5.41, 5.74) is 5.07. The molecule has 0 aliphatic carbocycles. The minimum Gasteiger partial charge on any atom is -0.352 e. The first-order valence-corrected chi connectivity index (χ1v) is 13.7. The lowest BCUT2D eigenvalue weighted by Gasteiger charge is -2.32. The van der Waals surface area contributed by atoms with E-state index >= 15 is 0 Å². The molecule has 0 atom stereocenters. The number of likely N-dealkylation sites (tertiary alicyclic amines) is 1. The first kappa shape index (κ1) is 26.4. The lowest BCUT2D eigenvalue weighted by atomic mass is 10.0. The highest BCUT2D eigenvalue weighted by Crippen LogP contribution is 2.25. The minimum atomic E-state index is -0.118. The highest BCUT2D eigenvalue weighted by atomic mass is 16.2. The van der Waals surface area contributed by atoms with E-state index < -0.39 is 0 Å². The van der Waals surface area contributed by atoms with E-state index in [1.54, 1.807) is 0 Å². The van der Waals surface area contributed by atoms with Crippen molar-refractivity contribution in [3.8, 4) is 11.1 Å². The summed E-state index contributed by atoms with van der Waals surface area (Å²) in [6.45, 7) is 5.04. The Morgan fingerprint density at radius 2 is 1.67 bits per heavy atom. The Morgan fingerprint density at radius 1 is 0.923 bits per heavy atom. The fraction of sp³-hybridized carbons (Fsp3) is 0.323. The zero-order valence-electron chi connectivity index (χ0n) is 22.3. The molecule has 0 spiro atoms. The molecule has 0 saturated carbocycles. The van der Waals surface area contributed by atoms with Gasteiger partial charge in [0.25, 0.3) is 5.91 Å². The molecule has 4 aromatic rings. The number of fused-ring (bicyclic) bond motifs is 1. The number of nitrogens with zero attached hydrogens (tertiary/aromatic N) is 2. The second-order valence-electron chi connectivity index (χ2n) is 10.2. The van der Waals surface area contributed by atoms with Crippen molar-refractivity contribution in [1.82, 2.24) is 19.8 Å². The molecule has 1 aromatic heterocycles. The van der Waals surface area contributed by atoms with Crippen LogP contribution in [0.25, 0.3) is 22.2 Å². The number of anilines is 1. The number of hydrogen-bond acceptors (Lipinski definition) is 4. The summed E-state index contributed by atoms with van der Waals surface area (Å²) in [6.07, 6.45) is 3.84. The Kier molecular flexibility index (Phi) is 8.22. The summed E-state index contributed by atoms with van der Waals surface area (Å²) in [7, 11) is 0. The van der Waals surface area contributed by atoms with Crippen LogP contribution in [0, 0.1) is 0 Å². The Bertz CT molecular complexity index is 1510. The maximum atomic E-state index is 12.8. The van der Waals surface area contributed by atoms with Crippen molar-refractivity contribution >= 4 is 28.5 Å². The van der Waals surface area contributed by atoms with Gasteiger partial charge in [0, 0.05) is 43.9 Å². The number of amides is 2. The predicted octanol–water partition coefficient (Wildman–Crippen LogP) is 4.80. The van der Waals surface area contributed by atoms with Crippen molar-refractivity contribution < 1.29 is 9.59 Å². The molecule has 5 rings (SSSR count). The number of para-hydroxylation sites is 2. The molecular formula is C31H35N5O3. The molecule has 1 aliphatic heterocycles. The molecule has 3 aromatic carbocycles. The van der Waals surface area contributed by atoms with Crippen LogP contribution in [0.15, 0.2) is 77.6 Å². The van der Waals surface area contributed by atoms with Gasteiger partial charge in [-0.1, -0.05) is 36.4 Å². The zero-order chi connectivity index (χ0) is 27.2. The number of aromatic nitrogens is 2. The highest BCUT2D eigenvalue weighted by Gasteiger charge is 2.23. The summed E-state index contributed by atoms with van der Waals surface area (Å²) in [5.74, 6) is -0.202. The number of nitrogens with one attached hydrogen (secondary N) is 3. The predicted molar refractivity (Wildman–Crippen MR) is 155 cm³/mol. The van der Waals surface area contributed by atoms with Crippen LogP contribution in [-0.4, -0.2) is 52.4 Å². The number of imidazole rings is 1. The van der Waals surface area contributed by atoms with Gasteiger partial charge in [0.1, 0.15) is 0 Å². The van der Waals surface area contributed by atoms with Gasteiger partial charge in [-0.2, -0.15) is 0 Å². The maximum absolute atomic E-state index is 12.8. The monoisotopic (exact) mass is 525 g/mol. The van der Waals surface area contributed by atoms with E-state index in [9.17, 15) is 14.4 Å². The fourth-order valence-corrected chi connectivity index (χ4v) is 5.42. The third-order valence-electron chi connectivity index (χ3n) is 7.37. The SMILES string of the molecule is CC(=O)Nc1cccc(-c2cccc(C(=O)NCCCCN3CCC(n4c(=O)[nH]c5ccccc54)CC3)c2)c1. The van der Waals surface area contributed by atoms with E-state index in [2.05, 4.69) is 20.5 Å². The van der Waals surface area contributed by atoms with E-state index in [-0.39, 0.29) is 23.5 Å². The molecule has 1 aliphatic rings. The molecule has 1 saturated heterocycles. The first-order chi connectivity index (χ1) is 19.0. The molecule has 0 radical (unpaired) electrons. The third kappa shape index (κ3) is 6.46.